The van der Waals surface area contributed by atoms with Crippen molar-refractivity contribution in [2.24, 2.45) is 0 Å². The Hall–Kier alpha value is -1.55. The van der Waals surface area contributed by atoms with E-state index in [-0.39, 0.29) is 19.3 Å². The van der Waals surface area contributed by atoms with E-state index in [0.717, 1.165) is 13.0 Å². The molecule has 1 fully saturated rings. The Morgan fingerprint density at radius 1 is 1.41 bits per heavy atom. The van der Waals surface area contributed by atoms with Crippen LogP contribution in [0, 0.1) is 0 Å². The molecule has 1 atom stereocenters. The van der Waals surface area contributed by atoms with E-state index in [1.807, 2.05) is 18.2 Å². The molecule has 1 aromatic carbocycles. The third-order valence-corrected chi connectivity index (χ3v) is 3.03. The fourth-order valence-electron chi connectivity index (χ4n) is 2.15. The number of ether oxygens (including phenoxy) is 1. The Morgan fingerprint density at radius 2 is 2.18 bits per heavy atom. The first-order valence-corrected chi connectivity index (χ1v) is 5.89. The number of aliphatic hydroxyl groups excluding tert-OH is 1. The second-order valence-electron chi connectivity index (χ2n) is 4.18. The van der Waals surface area contributed by atoms with Gasteiger partial charge >= 0.3 is 6.09 Å². The number of likely N-dealkylation sites (tertiary alicyclic amines) is 1. The summed E-state index contributed by atoms with van der Waals surface area (Å²) in [7, 11) is 0. The van der Waals surface area contributed by atoms with E-state index >= 15 is 0 Å². The van der Waals surface area contributed by atoms with Crippen LogP contribution in [0.1, 0.15) is 17.9 Å². The lowest BCUT2D eigenvalue weighted by molar-refractivity contribution is 0.0903. The first kappa shape index (κ1) is 11.9. The molecule has 0 radical (unpaired) electrons. The SMILES string of the molecule is O=C(OCCO)N1CCC(c2ccccc2)C1. The number of aliphatic hydroxyl groups is 1. The summed E-state index contributed by atoms with van der Waals surface area (Å²) in [5, 5.41) is 8.59. The van der Waals surface area contributed by atoms with E-state index < -0.39 is 0 Å². The van der Waals surface area contributed by atoms with Gasteiger partial charge in [0.05, 0.1) is 6.61 Å². The van der Waals surface area contributed by atoms with Gasteiger partial charge in [-0.15, -0.1) is 0 Å². The minimum Gasteiger partial charge on any atom is -0.447 e. The van der Waals surface area contributed by atoms with E-state index in [4.69, 9.17) is 9.84 Å². The molecule has 1 unspecified atom stereocenters. The second-order valence-corrected chi connectivity index (χ2v) is 4.18. The Morgan fingerprint density at radius 3 is 2.88 bits per heavy atom. The van der Waals surface area contributed by atoms with E-state index in [9.17, 15) is 4.79 Å². The highest BCUT2D eigenvalue weighted by atomic mass is 16.6. The van der Waals surface area contributed by atoms with Gasteiger partial charge in [-0.1, -0.05) is 30.3 Å². The van der Waals surface area contributed by atoms with Crippen LogP contribution in [0.25, 0.3) is 0 Å². The number of hydrogen-bond acceptors (Lipinski definition) is 3. The van der Waals surface area contributed by atoms with Crippen molar-refractivity contribution in [2.45, 2.75) is 12.3 Å². The van der Waals surface area contributed by atoms with Crippen LogP contribution in [0.3, 0.4) is 0 Å². The average molecular weight is 235 g/mol. The predicted molar refractivity (Wildman–Crippen MR) is 63.8 cm³/mol. The molecule has 4 heteroatoms. The number of carbonyl (C=O) groups is 1. The van der Waals surface area contributed by atoms with Gasteiger partial charge in [0.2, 0.25) is 0 Å². The molecule has 17 heavy (non-hydrogen) atoms. The molecule has 0 aromatic heterocycles. The van der Waals surface area contributed by atoms with Gasteiger partial charge in [0.15, 0.2) is 0 Å². The summed E-state index contributed by atoms with van der Waals surface area (Å²) < 4.78 is 4.90. The first-order chi connectivity index (χ1) is 8.31. The summed E-state index contributed by atoms with van der Waals surface area (Å²) in [5.41, 5.74) is 1.27. The van der Waals surface area contributed by atoms with Crippen LogP contribution >= 0.6 is 0 Å². The van der Waals surface area contributed by atoms with Crippen LogP contribution in [0.4, 0.5) is 4.79 Å². The summed E-state index contributed by atoms with van der Waals surface area (Å²) >= 11 is 0. The average Bonchev–Trinajstić information content (AvgIpc) is 2.86. The van der Waals surface area contributed by atoms with E-state index in [1.165, 1.54) is 5.56 Å². The molecular weight excluding hydrogens is 218 g/mol. The molecule has 1 aromatic rings. The molecule has 0 saturated carbocycles. The van der Waals surface area contributed by atoms with Crippen molar-refractivity contribution in [1.82, 2.24) is 4.90 Å². The van der Waals surface area contributed by atoms with Crippen molar-refractivity contribution in [3.05, 3.63) is 35.9 Å². The number of nitrogens with zero attached hydrogens (tertiary/aromatic N) is 1. The largest absolute Gasteiger partial charge is 0.447 e. The molecule has 1 heterocycles. The van der Waals surface area contributed by atoms with Crippen LogP contribution < -0.4 is 0 Å². The molecule has 0 spiro atoms. The lowest BCUT2D eigenvalue weighted by Gasteiger charge is -2.16. The van der Waals surface area contributed by atoms with Gasteiger partial charge in [-0.2, -0.15) is 0 Å². The molecule has 1 aliphatic heterocycles. The van der Waals surface area contributed by atoms with Crippen molar-refractivity contribution < 1.29 is 14.6 Å². The molecule has 2 rings (SSSR count). The lowest BCUT2D eigenvalue weighted by Crippen LogP contribution is -2.29. The van der Waals surface area contributed by atoms with Crippen molar-refractivity contribution in [3.8, 4) is 0 Å². The summed E-state index contributed by atoms with van der Waals surface area (Å²) in [6, 6.07) is 10.2. The minimum absolute atomic E-state index is 0.0747. The predicted octanol–water partition coefficient (Wildman–Crippen LogP) is 1.60. The van der Waals surface area contributed by atoms with Crippen LogP contribution in [0.2, 0.25) is 0 Å². The first-order valence-electron chi connectivity index (χ1n) is 5.89. The molecule has 4 nitrogen and oxygen atoms in total. The topological polar surface area (TPSA) is 49.8 Å². The van der Waals surface area contributed by atoms with Crippen molar-refractivity contribution in [1.29, 1.82) is 0 Å². The highest BCUT2D eigenvalue weighted by Gasteiger charge is 2.27. The van der Waals surface area contributed by atoms with Gasteiger partial charge in [-0.05, 0) is 12.0 Å². The standard InChI is InChI=1S/C13H17NO3/c15-8-9-17-13(16)14-7-6-12(10-14)11-4-2-1-3-5-11/h1-5,12,15H,6-10H2. The fourth-order valence-corrected chi connectivity index (χ4v) is 2.15. The van der Waals surface area contributed by atoms with E-state index in [2.05, 4.69) is 12.1 Å². The van der Waals surface area contributed by atoms with Gasteiger partial charge in [0, 0.05) is 19.0 Å². The molecule has 1 aliphatic rings. The zero-order valence-electron chi connectivity index (χ0n) is 9.71. The zero-order chi connectivity index (χ0) is 12.1. The highest BCUT2D eigenvalue weighted by molar-refractivity contribution is 5.68. The Kier molecular flexibility index (Phi) is 3.98. The molecule has 1 amide bonds. The molecule has 92 valence electrons. The van der Waals surface area contributed by atoms with Gasteiger partial charge in [-0.3, -0.25) is 0 Å². The van der Waals surface area contributed by atoms with Crippen LogP contribution in [0.15, 0.2) is 30.3 Å². The summed E-state index contributed by atoms with van der Waals surface area (Å²) in [6.07, 6.45) is 0.649. The second kappa shape index (κ2) is 5.68. The van der Waals surface area contributed by atoms with Crippen molar-refractivity contribution in [2.75, 3.05) is 26.3 Å². The minimum atomic E-state index is -0.322. The van der Waals surface area contributed by atoms with Crippen molar-refractivity contribution >= 4 is 6.09 Å². The molecule has 1 N–H and O–H groups in total. The molecule has 0 aliphatic carbocycles. The number of carbonyl (C=O) groups excluding carboxylic acids is 1. The third-order valence-electron chi connectivity index (χ3n) is 3.03. The number of benzene rings is 1. The summed E-state index contributed by atoms with van der Waals surface area (Å²) in [5.74, 6) is 0.401. The number of hydrogen-bond donors (Lipinski definition) is 1. The fraction of sp³-hybridized carbons (Fsp3) is 0.462. The van der Waals surface area contributed by atoms with Gasteiger partial charge in [0.1, 0.15) is 6.61 Å². The van der Waals surface area contributed by atoms with Gasteiger partial charge in [0.25, 0.3) is 0 Å². The van der Waals surface area contributed by atoms with E-state index in [1.54, 1.807) is 4.90 Å². The van der Waals surface area contributed by atoms with Crippen LogP contribution in [-0.2, 0) is 4.74 Å². The monoisotopic (exact) mass is 235 g/mol. The zero-order valence-corrected chi connectivity index (χ0v) is 9.71. The van der Waals surface area contributed by atoms with E-state index in [0.29, 0.717) is 12.5 Å². The van der Waals surface area contributed by atoms with Crippen molar-refractivity contribution in [3.63, 3.8) is 0 Å². The highest BCUT2D eigenvalue weighted by Crippen LogP contribution is 2.27. The number of amides is 1. The maximum atomic E-state index is 11.6. The molecule has 1 saturated heterocycles. The lowest BCUT2D eigenvalue weighted by atomic mass is 9.99. The Bertz CT molecular complexity index is 366. The maximum Gasteiger partial charge on any atom is 0.409 e. The smallest absolute Gasteiger partial charge is 0.409 e. The third kappa shape index (κ3) is 2.97. The van der Waals surface area contributed by atoms with Crippen LogP contribution in [0.5, 0.6) is 0 Å². The maximum absolute atomic E-state index is 11.6. The Labute approximate surface area is 101 Å². The summed E-state index contributed by atoms with van der Waals surface area (Å²) in [4.78, 5) is 13.3. The quantitative estimate of drug-likeness (QED) is 0.865. The summed E-state index contributed by atoms with van der Waals surface area (Å²) in [6.45, 7) is 1.38. The number of rotatable bonds is 3. The Balaban J connectivity index is 1.89. The molecular formula is C13H17NO3. The van der Waals surface area contributed by atoms with Gasteiger partial charge in [-0.25, -0.2) is 4.79 Å². The van der Waals surface area contributed by atoms with Crippen LogP contribution in [-0.4, -0.2) is 42.4 Å². The van der Waals surface area contributed by atoms with Gasteiger partial charge < -0.3 is 14.7 Å². The molecule has 0 bridgehead atoms. The normalized spacial score (nSPS) is 19.4.